The van der Waals surface area contributed by atoms with E-state index >= 15 is 0 Å². The average molecular weight is 281 g/mol. The fourth-order valence-corrected chi connectivity index (χ4v) is 1.95. The zero-order valence-electron chi connectivity index (χ0n) is 12.6. The monoisotopic (exact) mass is 281 g/mol. The van der Waals surface area contributed by atoms with Crippen molar-refractivity contribution in [3.8, 4) is 0 Å². The molecule has 0 aliphatic carbocycles. The van der Waals surface area contributed by atoms with Crippen molar-refractivity contribution in [3.05, 3.63) is 35.9 Å². The molecule has 0 aliphatic heterocycles. The van der Waals surface area contributed by atoms with Crippen LogP contribution in [0.25, 0.3) is 0 Å². The summed E-state index contributed by atoms with van der Waals surface area (Å²) in [6.07, 6.45) is -0.458. The first-order valence-corrected chi connectivity index (χ1v) is 7.36. The van der Waals surface area contributed by atoms with Crippen molar-refractivity contribution >= 4 is 0 Å². The van der Waals surface area contributed by atoms with Crippen LogP contribution in [0.1, 0.15) is 19.4 Å². The van der Waals surface area contributed by atoms with Gasteiger partial charge >= 0.3 is 0 Å². The number of hydrogen-bond acceptors (Lipinski definition) is 4. The lowest BCUT2D eigenvalue weighted by atomic mass is 10.2. The molecule has 0 radical (unpaired) electrons. The highest BCUT2D eigenvalue weighted by atomic mass is 16.5. The molecule has 0 bridgehead atoms. The van der Waals surface area contributed by atoms with Crippen LogP contribution in [0.15, 0.2) is 30.3 Å². The van der Waals surface area contributed by atoms with Crippen LogP contribution >= 0.6 is 0 Å². The summed E-state index contributed by atoms with van der Waals surface area (Å²) in [7, 11) is 0. The first-order valence-electron chi connectivity index (χ1n) is 7.36. The number of likely N-dealkylation sites (N-methyl/N-ethyl adjacent to an activating group) is 1. The van der Waals surface area contributed by atoms with E-state index < -0.39 is 6.10 Å². The lowest BCUT2D eigenvalue weighted by Crippen LogP contribution is -2.36. The SMILES string of the molecule is CCOCCN(CC)CC(O)COCc1ccccc1. The molecule has 1 atom stereocenters. The van der Waals surface area contributed by atoms with Crippen molar-refractivity contribution in [2.24, 2.45) is 0 Å². The lowest BCUT2D eigenvalue weighted by molar-refractivity contribution is 0.00594. The normalized spacial score (nSPS) is 12.8. The van der Waals surface area contributed by atoms with Gasteiger partial charge in [-0.05, 0) is 19.0 Å². The van der Waals surface area contributed by atoms with Gasteiger partial charge in [0.05, 0.1) is 25.9 Å². The Morgan fingerprint density at radius 1 is 1.15 bits per heavy atom. The van der Waals surface area contributed by atoms with Crippen LogP contribution in [0.2, 0.25) is 0 Å². The van der Waals surface area contributed by atoms with Crippen LogP contribution < -0.4 is 0 Å². The Hall–Kier alpha value is -0.940. The van der Waals surface area contributed by atoms with Crippen LogP contribution in [-0.2, 0) is 16.1 Å². The van der Waals surface area contributed by atoms with Gasteiger partial charge in [0.15, 0.2) is 0 Å². The Labute approximate surface area is 122 Å². The molecule has 0 aliphatic rings. The van der Waals surface area contributed by atoms with Crippen LogP contribution in [0, 0.1) is 0 Å². The minimum Gasteiger partial charge on any atom is -0.389 e. The van der Waals surface area contributed by atoms with Crippen molar-refractivity contribution < 1.29 is 14.6 Å². The van der Waals surface area contributed by atoms with Crippen LogP contribution in [0.3, 0.4) is 0 Å². The summed E-state index contributed by atoms with van der Waals surface area (Å²) in [4.78, 5) is 2.17. The first-order chi connectivity index (χ1) is 9.76. The molecule has 0 aromatic heterocycles. The van der Waals surface area contributed by atoms with Gasteiger partial charge in [0.25, 0.3) is 0 Å². The zero-order valence-corrected chi connectivity index (χ0v) is 12.6. The molecule has 0 spiro atoms. The molecule has 1 aromatic rings. The fourth-order valence-electron chi connectivity index (χ4n) is 1.95. The van der Waals surface area contributed by atoms with Gasteiger partial charge in [0.2, 0.25) is 0 Å². The van der Waals surface area contributed by atoms with Gasteiger partial charge in [-0.25, -0.2) is 0 Å². The van der Waals surface area contributed by atoms with E-state index in [2.05, 4.69) is 11.8 Å². The number of aliphatic hydroxyl groups excluding tert-OH is 1. The molecular weight excluding hydrogens is 254 g/mol. The number of hydrogen-bond donors (Lipinski definition) is 1. The minimum absolute atomic E-state index is 0.361. The van der Waals surface area contributed by atoms with Crippen LogP contribution in [0.5, 0.6) is 0 Å². The summed E-state index contributed by atoms with van der Waals surface area (Å²) < 4.78 is 10.9. The number of ether oxygens (including phenoxy) is 2. The maximum Gasteiger partial charge on any atom is 0.0900 e. The third kappa shape index (κ3) is 7.60. The summed E-state index contributed by atoms with van der Waals surface area (Å²) in [5.41, 5.74) is 1.13. The van der Waals surface area contributed by atoms with Gasteiger partial charge < -0.3 is 14.6 Å². The number of benzene rings is 1. The molecular formula is C16H27NO3. The highest BCUT2D eigenvalue weighted by Gasteiger charge is 2.10. The van der Waals surface area contributed by atoms with Gasteiger partial charge in [-0.2, -0.15) is 0 Å². The summed E-state index contributed by atoms with van der Waals surface area (Å²) in [5.74, 6) is 0. The van der Waals surface area contributed by atoms with E-state index in [-0.39, 0.29) is 0 Å². The Bertz CT molecular complexity index is 332. The van der Waals surface area contributed by atoms with Gasteiger partial charge in [0, 0.05) is 19.7 Å². The van der Waals surface area contributed by atoms with Crippen molar-refractivity contribution in [3.63, 3.8) is 0 Å². The number of rotatable bonds is 11. The van der Waals surface area contributed by atoms with Crippen LogP contribution in [-0.4, -0.2) is 55.6 Å². The summed E-state index contributed by atoms with van der Waals surface area (Å²) >= 11 is 0. The lowest BCUT2D eigenvalue weighted by Gasteiger charge is -2.23. The van der Waals surface area contributed by atoms with E-state index in [1.165, 1.54) is 0 Å². The molecule has 1 aromatic carbocycles. The van der Waals surface area contributed by atoms with Crippen molar-refractivity contribution in [1.29, 1.82) is 0 Å². The van der Waals surface area contributed by atoms with Crippen LogP contribution in [0.4, 0.5) is 0 Å². The van der Waals surface area contributed by atoms with E-state index in [0.29, 0.717) is 26.4 Å². The predicted molar refractivity (Wildman–Crippen MR) is 80.7 cm³/mol. The second kappa shape index (κ2) is 10.8. The quantitative estimate of drug-likeness (QED) is 0.629. The van der Waals surface area contributed by atoms with E-state index in [4.69, 9.17) is 9.47 Å². The van der Waals surface area contributed by atoms with Crippen molar-refractivity contribution in [1.82, 2.24) is 4.90 Å². The van der Waals surface area contributed by atoms with Gasteiger partial charge in [-0.3, -0.25) is 4.90 Å². The molecule has 4 nitrogen and oxygen atoms in total. The maximum absolute atomic E-state index is 9.98. The van der Waals surface area contributed by atoms with Gasteiger partial charge in [-0.15, -0.1) is 0 Å². The number of aliphatic hydroxyl groups is 1. The molecule has 1 rings (SSSR count). The molecule has 4 heteroatoms. The molecule has 1 unspecified atom stereocenters. The largest absolute Gasteiger partial charge is 0.389 e. The minimum atomic E-state index is -0.458. The second-order valence-electron chi connectivity index (χ2n) is 4.74. The predicted octanol–water partition coefficient (Wildman–Crippen LogP) is 1.92. The molecule has 0 saturated heterocycles. The van der Waals surface area contributed by atoms with Gasteiger partial charge in [-0.1, -0.05) is 37.3 Å². The first kappa shape index (κ1) is 17.1. The molecule has 1 N–H and O–H groups in total. The van der Waals surface area contributed by atoms with E-state index in [1.54, 1.807) is 0 Å². The Morgan fingerprint density at radius 3 is 2.55 bits per heavy atom. The highest BCUT2D eigenvalue weighted by molar-refractivity contribution is 5.13. The van der Waals surface area contributed by atoms with E-state index in [0.717, 1.165) is 25.3 Å². The smallest absolute Gasteiger partial charge is 0.0900 e. The Balaban J connectivity index is 2.16. The summed E-state index contributed by atoms with van der Waals surface area (Å²) in [5, 5.41) is 9.98. The maximum atomic E-state index is 9.98. The topological polar surface area (TPSA) is 41.9 Å². The molecule has 0 amide bonds. The third-order valence-electron chi connectivity index (χ3n) is 3.09. The molecule has 20 heavy (non-hydrogen) atoms. The average Bonchev–Trinajstić information content (AvgIpc) is 2.47. The molecule has 0 fully saturated rings. The molecule has 114 valence electrons. The summed E-state index contributed by atoms with van der Waals surface area (Å²) in [6, 6.07) is 10.00. The van der Waals surface area contributed by atoms with Gasteiger partial charge in [0.1, 0.15) is 0 Å². The zero-order chi connectivity index (χ0) is 14.6. The van der Waals surface area contributed by atoms with Crippen molar-refractivity contribution in [2.75, 3.05) is 39.5 Å². The third-order valence-corrected chi connectivity index (χ3v) is 3.09. The van der Waals surface area contributed by atoms with E-state index in [9.17, 15) is 5.11 Å². The molecule has 0 heterocycles. The summed E-state index contributed by atoms with van der Waals surface area (Å²) in [6.45, 7) is 8.80. The fraction of sp³-hybridized carbons (Fsp3) is 0.625. The molecule has 0 saturated carbocycles. The second-order valence-corrected chi connectivity index (χ2v) is 4.74. The number of nitrogens with zero attached hydrogens (tertiary/aromatic N) is 1. The van der Waals surface area contributed by atoms with Crippen molar-refractivity contribution in [2.45, 2.75) is 26.6 Å². The highest BCUT2D eigenvalue weighted by Crippen LogP contribution is 2.02. The Morgan fingerprint density at radius 2 is 1.90 bits per heavy atom. The Kier molecular flexibility index (Phi) is 9.24. The van der Waals surface area contributed by atoms with E-state index in [1.807, 2.05) is 37.3 Å². The standard InChI is InChI=1S/C16H27NO3/c1-3-17(10-11-19-4-2)12-16(18)14-20-13-15-8-6-5-7-9-15/h5-9,16,18H,3-4,10-14H2,1-2H3.